The van der Waals surface area contributed by atoms with Crippen LogP contribution in [0, 0.1) is 23.7 Å². The van der Waals surface area contributed by atoms with Crippen LogP contribution in [0.2, 0.25) is 0 Å². The van der Waals surface area contributed by atoms with Gasteiger partial charge in [-0.05, 0) is 42.9 Å². The molecular weight excluding hydrogens is 235 g/mol. The molecule has 0 aromatic rings. The molecule has 96 valence electrons. The van der Waals surface area contributed by atoms with E-state index in [4.69, 9.17) is 0 Å². The number of ether oxygens (including phenoxy) is 1. The number of rotatable bonds is 2. The minimum absolute atomic E-state index is 0.0713. The summed E-state index contributed by atoms with van der Waals surface area (Å²) in [7, 11) is 0. The fourth-order valence-corrected chi connectivity index (χ4v) is 3.84. The minimum Gasteiger partial charge on any atom is -0.440 e. The molecular formula is C11H14F3NO2. The van der Waals surface area contributed by atoms with E-state index in [9.17, 15) is 18.0 Å². The molecule has 3 aliphatic rings. The lowest BCUT2D eigenvalue weighted by atomic mass is 10.0. The Balaban J connectivity index is 1.45. The standard InChI is InChI=1S/C11H14F3NO2/c12-11(13,14)4-17-10(16)15-9-7-5-1-2-6(3-5)8(7)9/h5-9H,1-4H2,(H,15,16). The SMILES string of the molecule is O=C(NC1C2C3CCC(C3)C12)OCC(F)(F)F. The summed E-state index contributed by atoms with van der Waals surface area (Å²) in [5, 5.41) is 2.57. The molecule has 3 rings (SSSR count). The summed E-state index contributed by atoms with van der Waals surface area (Å²) in [6.45, 7) is -1.51. The quantitative estimate of drug-likeness (QED) is 0.815. The first-order valence-electron chi connectivity index (χ1n) is 5.96. The molecule has 17 heavy (non-hydrogen) atoms. The maximum Gasteiger partial charge on any atom is 0.422 e. The number of carbonyl (C=O) groups is 1. The van der Waals surface area contributed by atoms with Gasteiger partial charge in [-0.2, -0.15) is 13.2 Å². The first-order chi connectivity index (χ1) is 7.96. The van der Waals surface area contributed by atoms with E-state index in [0.717, 1.165) is 0 Å². The van der Waals surface area contributed by atoms with Gasteiger partial charge in [0.2, 0.25) is 0 Å². The van der Waals surface area contributed by atoms with E-state index >= 15 is 0 Å². The summed E-state index contributed by atoms with van der Waals surface area (Å²) >= 11 is 0. The normalized spacial score (nSPS) is 42.2. The van der Waals surface area contributed by atoms with E-state index in [0.29, 0.717) is 23.7 Å². The van der Waals surface area contributed by atoms with Crippen LogP contribution in [0.25, 0.3) is 0 Å². The lowest BCUT2D eigenvalue weighted by Crippen LogP contribution is -2.33. The Morgan fingerprint density at radius 2 is 1.82 bits per heavy atom. The number of halogens is 3. The molecule has 3 aliphatic carbocycles. The van der Waals surface area contributed by atoms with Crippen LogP contribution in [-0.2, 0) is 4.74 Å². The van der Waals surface area contributed by atoms with E-state index in [2.05, 4.69) is 10.1 Å². The lowest BCUT2D eigenvalue weighted by molar-refractivity contribution is -0.160. The van der Waals surface area contributed by atoms with Crippen molar-refractivity contribution in [2.24, 2.45) is 23.7 Å². The molecule has 0 heterocycles. The Kier molecular flexibility index (Phi) is 2.32. The van der Waals surface area contributed by atoms with E-state index in [1.807, 2.05) is 0 Å². The van der Waals surface area contributed by atoms with Gasteiger partial charge < -0.3 is 10.1 Å². The lowest BCUT2D eigenvalue weighted by Gasteiger charge is -2.12. The Morgan fingerprint density at radius 3 is 2.35 bits per heavy atom. The molecule has 0 spiro atoms. The maximum atomic E-state index is 11.8. The highest BCUT2D eigenvalue weighted by atomic mass is 19.4. The second-order valence-electron chi connectivity index (χ2n) is 5.35. The van der Waals surface area contributed by atoms with Crippen LogP contribution in [0.15, 0.2) is 0 Å². The third-order valence-corrected chi connectivity index (χ3v) is 4.39. The molecule has 0 radical (unpaired) electrons. The van der Waals surface area contributed by atoms with Gasteiger partial charge in [-0.25, -0.2) is 4.79 Å². The average molecular weight is 249 g/mol. The van der Waals surface area contributed by atoms with Crippen LogP contribution >= 0.6 is 0 Å². The first-order valence-corrected chi connectivity index (χ1v) is 5.96. The van der Waals surface area contributed by atoms with Crippen molar-refractivity contribution in [1.29, 1.82) is 0 Å². The molecule has 0 aliphatic heterocycles. The van der Waals surface area contributed by atoms with Gasteiger partial charge in [0.1, 0.15) is 0 Å². The first kappa shape index (κ1) is 11.2. The van der Waals surface area contributed by atoms with Crippen molar-refractivity contribution >= 4 is 6.09 Å². The third kappa shape index (κ3) is 1.98. The Bertz CT molecular complexity index is 328. The summed E-state index contributed by atoms with van der Waals surface area (Å²) in [5.74, 6) is 2.37. The van der Waals surface area contributed by atoms with E-state index in [1.54, 1.807) is 0 Å². The van der Waals surface area contributed by atoms with Crippen molar-refractivity contribution in [3.63, 3.8) is 0 Å². The molecule has 0 saturated heterocycles. The molecule has 3 saturated carbocycles. The average Bonchev–Trinajstić information content (AvgIpc) is 2.66. The Labute approximate surface area is 96.7 Å². The summed E-state index contributed by atoms with van der Waals surface area (Å²) in [6, 6.07) is 0.0713. The predicted molar refractivity (Wildman–Crippen MR) is 52.1 cm³/mol. The maximum absolute atomic E-state index is 11.8. The highest BCUT2D eigenvalue weighted by Gasteiger charge is 2.65. The van der Waals surface area contributed by atoms with E-state index in [-0.39, 0.29) is 6.04 Å². The smallest absolute Gasteiger partial charge is 0.422 e. The second kappa shape index (κ2) is 3.53. The van der Waals surface area contributed by atoms with Crippen molar-refractivity contribution in [3.05, 3.63) is 0 Å². The fourth-order valence-electron chi connectivity index (χ4n) is 3.84. The molecule has 1 N–H and O–H groups in total. The number of nitrogens with one attached hydrogen (secondary N) is 1. The molecule has 2 bridgehead atoms. The minimum atomic E-state index is -4.45. The summed E-state index contributed by atoms with van der Waals surface area (Å²) < 4.78 is 39.6. The van der Waals surface area contributed by atoms with Crippen LogP contribution in [-0.4, -0.2) is 24.9 Å². The van der Waals surface area contributed by atoms with Crippen molar-refractivity contribution in [3.8, 4) is 0 Å². The predicted octanol–water partition coefficient (Wildman–Crippen LogP) is 2.32. The molecule has 3 fully saturated rings. The van der Waals surface area contributed by atoms with Crippen molar-refractivity contribution in [1.82, 2.24) is 5.32 Å². The number of alkyl carbamates (subject to hydrolysis) is 1. The van der Waals surface area contributed by atoms with Gasteiger partial charge >= 0.3 is 12.3 Å². The van der Waals surface area contributed by atoms with E-state index in [1.165, 1.54) is 19.3 Å². The molecule has 0 aromatic carbocycles. The number of hydrogen-bond acceptors (Lipinski definition) is 2. The topological polar surface area (TPSA) is 38.3 Å². The molecule has 4 atom stereocenters. The van der Waals surface area contributed by atoms with Gasteiger partial charge in [0.05, 0.1) is 0 Å². The van der Waals surface area contributed by atoms with Gasteiger partial charge in [-0.15, -0.1) is 0 Å². The number of amides is 1. The van der Waals surface area contributed by atoms with Gasteiger partial charge in [0.25, 0.3) is 0 Å². The highest BCUT2D eigenvalue weighted by molar-refractivity contribution is 5.68. The van der Waals surface area contributed by atoms with Crippen LogP contribution in [0.4, 0.5) is 18.0 Å². The summed E-state index contributed by atoms with van der Waals surface area (Å²) in [6.07, 6.45) is -1.72. The number of hydrogen-bond donors (Lipinski definition) is 1. The fraction of sp³-hybridized carbons (Fsp3) is 0.909. The zero-order chi connectivity index (χ0) is 12.2. The van der Waals surface area contributed by atoms with Crippen LogP contribution in [0.1, 0.15) is 19.3 Å². The van der Waals surface area contributed by atoms with Crippen LogP contribution < -0.4 is 5.32 Å². The molecule has 3 nitrogen and oxygen atoms in total. The molecule has 0 aromatic heterocycles. The Morgan fingerprint density at radius 1 is 1.24 bits per heavy atom. The molecule has 1 amide bonds. The van der Waals surface area contributed by atoms with Gasteiger partial charge in [0, 0.05) is 6.04 Å². The van der Waals surface area contributed by atoms with E-state index < -0.39 is 18.9 Å². The number of fused-ring (bicyclic) bond motifs is 5. The monoisotopic (exact) mass is 249 g/mol. The number of alkyl halides is 3. The van der Waals surface area contributed by atoms with Crippen LogP contribution in [0.5, 0.6) is 0 Å². The van der Waals surface area contributed by atoms with Crippen molar-refractivity contribution in [2.45, 2.75) is 31.5 Å². The van der Waals surface area contributed by atoms with Gasteiger partial charge in [-0.3, -0.25) is 0 Å². The van der Waals surface area contributed by atoms with Crippen molar-refractivity contribution < 1.29 is 22.7 Å². The zero-order valence-electron chi connectivity index (χ0n) is 9.17. The largest absolute Gasteiger partial charge is 0.440 e. The molecule has 6 heteroatoms. The zero-order valence-corrected chi connectivity index (χ0v) is 9.17. The number of carbonyl (C=O) groups excluding carboxylic acids is 1. The Hall–Kier alpha value is -0.940. The van der Waals surface area contributed by atoms with Crippen molar-refractivity contribution in [2.75, 3.05) is 6.61 Å². The third-order valence-electron chi connectivity index (χ3n) is 4.39. The highest BCUT2D eigenvalue weighted by Crippen LogP contribution is 2.65. The summed E-state index contributed by atoms with van der Waals surface area (Å²) in [4.78, 5) is 11.2. The van der Waals surface area contributed by atoms with Crippen LogP contribution in [0.3, 0.4) is 0 Å². The summed E-state index contributed by atoms with van der Waals surface area (Å²) in [5.41, 5.74) is 0. The van der Waals surface area contributed by atoms with Gasteiger partial charge in [0.15, 0.2) is 6.61 Å². The second-order valence-corrected chi connectivity index (χ2v) is 5.35. The molecule has 4 unspecified atom stereocenters. The van der Waals surface area contributed by atoms with Gasteiger partial charge in [-0.1, -0.05) is 0 Å².